The summed E-state index contributed by atoms with van der Waals surface area (Å²) >= 11 is 0. The minimum absolute atomic E-state index is 0.495. The lowest BCUT2D eigenvalue weighted by atomic mass is 9.89. The number of hydrogen-bond donors (Lipinski definition) is 2. The third-order valence-corrected chi connectivity index (χ3v) is 3.00. The van der Waals surface area contributed by atoms with Crippen molar-refractivity contribution in [2.45, 2.75) is 59.4 Å². The average molecular weight is 186 g/mol. The van der Waals surface area contributed by atoms with Crippen LogP contribution in [0.4, 0.5) is 0 Å². The second-order valence-electron chi connectivity index (χ2n) is 4.29. The molecule has 0 aromatic heterocycles. The molecule has 0 spiro atoms. The molecule has 0 saturated heterocycles. The van der Waals surface area contributed by atoms with Crippen LogP contribution < -0.4 is 11.3 Å². The van der Waals surface area contributed by atoms with E-state index in [-0.39, 0.29) is 0 Å². The van der Waals surface area contributed by atoms with E-state index in [4.69, 9.17) is 5.84 Å². The van der Waals surface area contributed by atoms with Crippen LogP contribution in [0.25, 0.3) is 0 Å². The van der Waals surface area contributed by atoms with Crippen LogP contribution in [-0.2, 0) is 0 Å². The predicted octanol–water partition coefficient (Wildman–Crippen LogP) is 2.69. The maximum absolute atomic E-state index is 5.56. The van der Waals surface area contributed by atoms with Crippen molar-refractivity contribution in [3.8, 4) is 0 Å². The van der Waals surface area contributed by atoms with Crippen molar-refractivity contribution in [1.82, 2.24) is 5.43 Å². The van der Waals surface area contributed by atoms with Gasteiger partial charge in [-0.1, -0.05) is 40.5 Å². The van der Waals surface area contributed by atoms with E-state index in [1.807, 2.05) is 0 Å². The molecule has 3 atom stereocenters. The molecule has 0 aliphatic heterocycles. The van der Waals surface area contributed by atoms with Crippen LogP contribution in [0, 0.1) is 11.8 Å². The van der Waals surface area contributed by atoms with Crippen molar-refractivity contribution in [2.75, 3.05) is 0 Å². The van der Waals surface area contributed by atoms with E-state index < -0.39 is 0 Å². The van der Waals surface area contributed by atoms with Crippen molar-refractivity contribution in [1.29, 1.82) is 0 Å². The molecule has 0 aromatic rings. The Balaban J connectivity index is 3.86. The van der Waals surface area contributed by atoms with Crippen LogP contribution in [0.3, 0.4) is 0 Å². The molecule has 3 unspecified atom stereocenters. The number of rotatable bonds is 7. The molecular weight excluding hydrogens is 160 g/mol. The Morgan fingerprint density at radius 2 is 1.85 bits per heavy atom. The summed E-state index contributed by atoms with van der Waals surface area (Å²) in [6.07, 6.45) is 4.97. The molecule has 0 bridgehead atoms. The third kappa shape index (κ3) is 5.27. The summed E-state index contributed by atoms with van der Waals surface area (Å²) < 4.78 is 0. The highest BCUT2D eigenvalue weighted by atomic mass is 15.2. The van der Waals surface area contributed by atoms with Gasteiger partial charge in [0.1, 0.15) is 0 Å². The zero-order valence-corrected chi connectivity index (χ0v) is 9.64. The second-order valence-corrected chi connectivity index (χ2v) is 4.29. The SMILES string of the molecule is CCCC(C)C(CC(C)CC)NN. The summed E-state index contributed by atoms with van der Waals surface area (Å²) in [6, 6.07) is 0.495. The average Bonchev–Trinajstić information content (AvgIpc) is 2.14. The van der Waals surface area contributed by atoms with Crippen LogP contribution in [-0.4, -0.2) is 6.04 Å². The van der Waals surface area contributed by atoms with Gasteiger partial charge < -0.3 is 0 Å². The van der Waals surface area contributed by atoms with Crippen LogP contribution in [0.2, 0.25) is 0 Å². The fourth-order valence-electron chi connectivity index (χ4n) is 1.72. The quantitative estimate of drug-likeness (QED) is 0.474. The van der Waals surface area contributed by atoms with Gasteiger partial charge in [0.05, 0.1) is 0 Å². The summed E-state index contributed by atoms with van der Waals surface area (Å²) in [5.41, 5.74) is 2.95. The fourth-order valence-corrected chi connectivity index (χ4v) is 1.72. The van der Waals surface area contributed by atoms with Gasteiger partial charge in [0.2, 0.25) is 0 Å². The Bertz CT molecular complexity index is 115. The maximum atomic E-state index is 5.56. The normalized spacial score (nSPS) is 18.2. The molecule has 0 saturated carbocycles. The van der Waals surface area contributed by atoms with Crippen LogP contribution in [0.5, 0.6) is 0 Å². The maximum Gasteiger partial charge on any atom is 0.0238 e. The lowest BCUT2D eigenvalue weighted by molar-refractivity contribution is 0.299. The molecule has 0 amide bonds. The van der Waals surface area contributed by atoms with Gasteiger partial charge in [-0.3, -0.25) is 11.3 Å². The Hall–Kier alpha value is -0.0800. The third-order valence-electron chi connectivity index (χ3n) is 3.00. The minimum atomic E-state index is 0.495. The smallest absolute Gasteiger partial charge is 0.0238 e. The number of nitrogens with one attached hydrogen (secondary N) is 1. The van der Waals surface area contributed by atoms with Gasteiger partial charge >= 0.3 is 0 Å². The van der Waals surface area contributed by atoms with Crippen molar-refractivity contribution in [2.24, 2.45) is 17.7 Å². The predicted molar refractivity (Wildman–Crippen MR) is 59.3 cm³/mol. The van der Waals surface area contributed by atoms with Gasteiger partial charge in [-0.05, 0) is 24.7 Å². The highest BCUT2D eigenvalue weighted by Crippen LogP contribution is 2.18. The number of nitrogens with two attached hydrogens (primary N) is 1. The van der Waals surface area contributed by atoms with E-state index in [2.05, 4.69) is 33.1 Å². The zero-order valence-electron chi connectivity index (χ0n) is 9.64. The highest BCUT2D eigenvalue weighted by Gasteiger charge is 2.16. The summed E-state index contributed by atoms with van der Waals surface area (Å²) in [5.74, 6) is 7.03. The van der Waals surface area contributed by atoms with E-state index in [9.17, 15) is 0 Å². The first-order valence-electron chi connectivity index (χ1n) is 5.61. The molecule has 0 fully saturated rings. The van der Waals surface area contributed by atoms with Crippen LogP contribution in [0.1, 0.15) is 53.4 Å². The fraction of sp³-hybridized carbons (Fsp3) is 1.00. The standard InChI is InChI=1S/C11H26N2/c1-5-7-10(4)11(13-12)8-9(3)6-2/h9-11,13H,5-8,12H2,1-4H3. The lowest BCUT2D eigenvalue weighted by Gasteiger charge is -2.25. The highest BCUT2D eigenvalue weighted by molar-refractivity contribution is 4.72. The summed E-state index contributed by atoms with van der Waals surface area (Å²) in [5, 5.41) is 0. The molecule has 0 rings (SSSR count). The van der Waals surface area contributed by atoms with E-state index >= 15 is 0 Å². The first-order valence-corrected chi connectivity index (χ1v) is 5.61. The molecule has 0 aliphatic rings. The molecule has 0 heterocycles. The van der Waals surface area contributed by atoms with Crippen LogP contribution in [0.15, 0.2) is 0 Å². The van der Waals surface area contributed by atoms with E-state index in [1.165, 1.54) is 25.7 Å². The Labute approximate surface area is 83.2 Å². The van der Waals surface area contributed by atoms with Crippen LogP contribution >= 0.6 is 0 Å². The van der Waals surface area contributed by atoms with Gasteiger partial charge in [-0.15, -0.1) is 0 Å². The monoisotopic (exact) mass is 186 g/mol. The molecule has 80 valence electrons. The molecule has 0 radical (unpaired) electrons. The van der Waals surface area contributed by atoms with E-state index in [1.54, 1.807) is 0 Å². The summed E-state index contributed by atoms with van der Waals surface area (Å²) in [7, 11) is 0. The molecular formula is C11H26N2. The Morgan fingerprint density at radius 1 is 1.23 bits per heavy atom. The van der Waals surface area contributed by atoms with Gasteiger partial charge in [0.25, 0.3) is 0 Å². The van der Waals surface area contributed by atoms with Gasteiger partial charge in [0, 0.05) is 6.04 Å². The van der Waals surface area contributed by atoms with Crippen molar-refractivity contribution in [3.63, 3.8) is 0 Å². The molecule has 0 aromatic carbocycles. The summed E-state index contributed by atoms with van der Waals surface area (Å²) in [6.45, 7) is 9.05. The van der Waals surface area contributed by atoms with Crippen molar-refractivity contribution >= 4 is 0 Å². The Kier molecular flexibility index (Phi) is 7.29. The van der Waals surface area contributed by atoms with Crippen molar-refractivity contribution < 1.29 is 0 Å². The number of hydrogen-bond acceptors (Lipinski definition) is 2. The molecule has 3 N–H and O–H groups in total. The van der Waals surface area contributed by atoms with Gasteiger partial charge in [-0.25, -0.2) is 0 Å². The van der Waals surface area contributed by atoms with E-state index in [0.717, 1.165) is 5.92 Å². The zero-order chi connectivity index (χ0) is 10.3. The Morgan fingerprint density at radius 3 is 2.23 bits per heavy atom. The first-order chi connectivity index (χ1) is 6.15. The number of hydrazine groups is 1. The molecule has 13 heavy (non-hydrogen) atoms. The second kappa shape index (κ2) is 7.34. The van der Waals surface area contributed by atoms with Gasteiger partial charge in [0.15, 0.2) is 0 Å². The van der Waals surface area contributed by atoms with E-state index in [0.29, 0.717) is 12.0 Å². The van der Waals surface area contributed by atoms with Crippen molar-refractivity contribution in [3.05, 3.63) is 0 Å². The minimum Gasteiger partial charge on any atom is -0.271 e. The lowest BCUT2D eigenvalue weighted by Crippen LogP contribution is -2.41. The summed E-state index contributed by atoms with van der Waals surface area (Å²) in [4.78, 5) is 0. The largest absolute Gasteiger partial charge is 0.271 e. The molecule has 2 nitrogen and oxygen atoms in total. The molecule has 2 heteroatoms. The first kappa shape index (κ1) is 12.9. The topological polar surface area (TPSA) is 38.0 Å². The molecule has 0 aliphatic carbocycles. The van der Waals surface area contributed by atoms with Gasteiger partial charge in [-0.2, -0.15) is 0 Å².